The molecule has 1 aromatic rings. The van der Waals surface area contributed by atoms with Gasteiger partial charge in [0.15, 0.2) is 0 Å². The molecule has 0 saturated carbocycles. The van der Waals surface area contributed by atoms with Crippen molar-refractivity contribution < 1.29 is 18.0 Å². The fraction of sp³-hybridized carbons (Fsp3) is 0.417. The first kappa shape index (κ1) is 12.9. The molecule has 0 spiro atoms. The van der Waals surface area contributed by atoms with Crippen LogP contribution in [-0.2, 0) is 17.4 Å². The molecule has 1 amide bonds. The monoisotopic (exact) mass is 258 g/mol. The molecule has 2 rings (SSSR count). The van der Waals surface area contributed by atoms with Crippen LogP contribution >= 0.6 is 0 Å². The molecule has 1 aliphatic heterocycles. The Balaban J connectivity index is 2.07. The number of hydrogen-bond donors (Lipinski definition) is 2. The molecule has 0 bridgehead atoms. The number of halogens is 3. The molecule has 1 heterocycles. The lowest BCUT2D eigenvalue weighted by atomic mass is 10.0. The van der Waals surface area contributed by atoms with Crippen LogP contribution in [0.4, 0.5) is 13.2 Å². The molecule has 98 valence electrons. The van der Waals surface area contributed by atoms with Crippen LogP contribution in [0.1, 0.15) is 11.1 Å². The quantitative estimate of drug-likeness (QED) is 0.840. The fourth-order valence-corrected chi connectivity index (χ4v) is 1.97. The third-order valence-electron chi connectivity index (χ3n) is 2.78. The lowest BCUT2D eigenvalue weighted by Gasteiger charge is -2.24. The van der Waals surface area contributed by atoms with Gasteiger partial charge in [0.25, 0.3) is 0 Å². The van der Waals surface area contributed by atoms with Crippen molar-refractivity contribution in [1.29, 1.82) is 0 Å². The van der Waals surface area contributed by atoms with Crippen LogP contribution in [0.25, 0.3) is 0 Å². The molecular weight excluding hydrogens is 245 g/mol. The minimum Gasteiger partial charge on any atom is -0.351 e. The standard InChI is InChI=1S/C12H13F3N2O/c13-12(14,15)9-3-1-2-8(4-9)5-10-6-16-7-11(18)17-10/h1-4,10,16H,5-7H2,(H,17,18). The molecule has 18 heavy (non-hydrogen) atoms. The Labute approximate surface area is 102 Å². The molecule has 2 N–H and O–H groups in total. The highest BCUT2D eigenvalue weighted by atomic mass is 19.4. The van der Waals surface area contributed by atoms with Crippen molar-refractivity contribution in [2.45, 2.75) is 18.6 Å². The Hall–Kier alpha value is -1.56. The van der Waals surface area contributed by atoms with Crippen LogP contribution in [0.5, 0.6) is 0 Å². The molecule has 6 heteroatoms. The van der Waals surface area contributed by atoms with E-state index in [1.807, 2.05) is 0 Å². The largest absolute Gasteiger partial charge is 0.416 e. The second-order valence-corrected chi connectivity index (χ2v) is 4.30. The van der Waals surface area contributed by atoms with E-state index in [4.69, 9.17) is 0 Å². The zero-order valence-electron chi connectivity index (χ0n) is 9.55. The van der Waals surface area contributed by atoms with Crippen molar-refractivity contribution in [3.63, 3.8) is 0 Å². The summed E-state index contributed by atoms with van der Waals surface area (Å²) in [4.78, 5) is 11.1. The maximum Gasteiger partial charge on any atom is 0.416 e. The first-order valence-electron chi connectivity index (χ1n) is 5.61. The minimum atomic E-state index is -4.33. The van der Waals surface area contributed by atoms with Crippen LogP contribution in [0.15, 0.2) is 24.3 Å². The third kappa shape index (κ3) is 3.22. The molecule has 0 aromatic heterocycles. The van der Waals surface area contributed by atoms with Crippen LogP contribution in [0, 0.1) is 0 Å². The smallest absolute Gasteiger partial charge is 0.351 e. The molecule has 3 nitrogen and oxygen atoms in total. The lowest BCUT2D eigenvalue weighted by molar-refractivity contribution is -0.137. The van der Waals surface area contributed by atoms with Crippen LogP contribution < -0.4 is 10.6 Å². The lowest BCUT2D eigenvalue weighted by Crippen LogP contribution is -2.52. The molecule has 0 radical (unpaired) electrons. The molecule has 1 aromatic carbocycles. The van der Waals surface area contributed by atoms with Crippen molar-refractivity contribution in [1.82, 2.24) is 10.6 Å². The van der Waals surface area contributed by atoms with Crippen molar-refractivity contribution in [3.05, 3.63) is 35.4 Å². The second-order valence-electron chi connectivity index (χ2n) is 4.30. The minimum absolute atomic E-state index is 0.127. The van der Waals surface area contributed by atoms with Crippen molar-refractivity contribution in [3.8, 4) is 0 Å². The van der Waals surface area contributed by atoms with E-state index in [0.29, 0.717) is 18.5 Å². The van der Waals surface area contributed by atoms with Gasteiger partial charge >= 0.3 is 6.18 Å². The molecule has 1 fully saturated rings. The van der Waals surface area contributed by atoms with Crippen molar-refractivity contribution in [2.24, 2.45) is 0 Å². The van der Waals surface area contributed by atoms with Gasteiger partial charge in [0, 0.05) is 12.6 Å². The highest BCUT2D eigenvalue weighted by Gasteiger charge is 2.30. The zero-order chi connectivity index (χ0) is 13.2. The topological polar surface area (TPSA) is 41.1 Å². The van der Waals surface area contributed by atoms with Crippen LogP contribution in [-0.4, -0.2) is 25.0 Å². The van der Waals surface area contributed by atoms with E-state index >= 15 is 0 Å². The van der Waals surface area contributed by atoms with Crippen LogP contribution in [0.2, 0.25) is 0 Å². The summed E-state index contributed by atoms with van der Waals surface area (Å²) in [5.41, 5.74) is -0.0890. The number of carbonyl (C=O) groups excluding carboxylic acids is 1. The predicted octanol–water partition coefficient (Wildman–Crippen LogP) is 1.34. The van der Waals surface area contributed by atoms with E-state index in [2.05, 4.69) is 10.6 Å². The van der Waals surface area contributed by atoms with E-state index in [0.717, 1.165) is 12.1 Å². The Morgan fingerprint density at radius 2 is 2.11 bits per heavy atom. The second kappa shape index (κ2) is 4.97. The van der Waals surface area contributed by atoms with Gasteiger partial charge in [-0.25, -0.2) is 0 Å². The molecule has 1 saturated heterocycles. The Morgan fingerprint density at radius 1 is 1.33 bits per heavy atom. The number of benzene rings is 1. The van der Waals surface area contributed by atoms with E-state index in [1.165, 1.54) is 6.07 Å². The molecule has 1 aliphatic rings. The number of nitrogens with one attached hydrogen (secondary N) is 2. The van der Waals surface area contributed by atoms with E-state index < -0.39 is 11.7 Å². The predicted molar refractivity (Wildman–Crippen MR) is 59.9 cm³/mol. The van der Waals surface area contributed by atoms with Gasteiger partial charge in [-0.05, 0) is 18.1 Å². The maximum absolute atomic E-state index is 12.5. The highest BCUT2D eigenvalue weighted by molar-refractivity contribution is 5.79. The summed E-state index contributed by atoms with van der Waals surface area (Å²) in [5.74, 6) is -0.127. The Bertz CT molecular complexity index is 445. The number of carbonyl (C=O) groups is 1. The maximum atomic E-state index is 12.5. The number of rotatable bonds is 2. The van der Waals surface area contributed by atoms with E-state index in [9.17, 15) is 18.0 Å². The number of hydrogen-bond acceptors (Lipinski definition) is 2. The van der Waals surface area contributed by atoms with Gasteiger partial charge in [0.05, 0.1) is 12.1 Å². The van der Waals surface area contributed by atoms with Gasteiger partial charge in [0.2, 0.25) is 5.91 Å². The molecule has 1 unspecified atom stereocenters. The van der Waals surface area contributed by atoms with Crippen LogP contribution in [0.3, 0.4) is 0 Å². The average Bonchev–Trinajstić information content (AvgIpc) is 2.28. The van der Waals surface area contributed by atoms with E-state index in [-0.39, 0.29) is 18.5 Å². The fourth-order valence-electron chi connectivity index (χ4n) is 1.97. The summed E-state index contributed by atoms with van der Waals surface area (Å²) < 4.78 is 37.6. The Kier molecular flexibility index (Phi) is 3.56. The molecule has 0 aliphatic carbocycles. The summed E-state index contributed by atoms with van der Waals surface area (Å²) >= 11 is 0. The summed E-state index contributed by atoms with van der Waals surface area (Å²) in [7, 11) is 0. The summed E-state index contributed by atoms with van der Waals surface area (Å²) in [6, 6.07) is 5.03. The van der Waals surface area contributed by atoms with Gasteiger partial charge in [0.1, 0.15) is 0 Å². The summed E-state index contributed by atoms with van der Waals surface area (Å²) in [6.07, 6.45) is -3.94. The number of piperazine rings is 1. The number of alkyl halides is 3. The first-order chi connectivity index (χ1) is 8.45. The zero-order valence-corrected chi connectivity index (χ0v) is 9.55. The van der Waals surface area contributed by atoms with Gasteiger partial charge < -0.3 is 10.6 Å². The first-order valence-corrected chi connectivity index (χ1v) is 5.61. The summed E-state index contributed by atoms with van der Waals surface area (Å²) in [5, 5.41) is 5.66. The SMILES string of the molecule is O=C1CNCC(Cc2cccc(C(F)(F)F)c2)N1. The van der Waals surface area contributed by atoms with Gasteiger partial charge in [-0.2, -0.15) is 13.2 Å². The highest BCUT2D eigenvalue weighted by Crippen LogP contribution is 2.29. The third-order valence-corrected chi connectivity index (χ3v) is 2.78. The average molecular weight is 258 g/mol. The normalized spacial score (nSPS) is 20.6. The van der Waals surface area contributed by atoms with Crippen molar-refractivity contribution in [2.75, 3.05) is 13.1 Å². The van der Waals surface area contributed by atoms with Crippen molar-refractivity contribution >= 4 is 5.91 Å². The number of amides is 1. The Morgan fingerprint density at radius 3 is 2.78 bits per heavy atom. The van der Waals surface area contributed by atoms with Gasteiger partial charge in [-0.15, -0.1) is 0 Å². The van der Waals surface area contributed by atoms with Gasteiger partial charge in [-0.1, -0.05) is 18.2 Å². The summed E-state index contributed by atoms with van der Waals surface area (Å²) in [6.45, 7) is 0.834. The van der Waals surface area contributed by atoms with E-state index in [1.54, 1.807) is 6.07 Å². The molecule has 1 atom stereocenters. The molecular formula is C12H13F3N2O. The van der Waals surface area contributed by atoms with Gasteiger partial charge in [-0.3, -0.25) is 4.79 Å².